The molecule has 0 unspecified atom stereocenters. The third-order valence-electron chi connectivity index (χ3n) is 0.962. The summed E-state index contributed by atoms with van der Waals surface area (Å²) in [5.74, 6) is 0.725. The molecule has 0 aromatic carbocycles. The molecule has 5 N–H and O–H groups in total. The van der Waals surface area contributed by atoms with E-state index >= 15 is 0 Å². The largest absolute Gasteiger partial charge is 0.385 e. The highest BCUT2D eigenvalue weighted by molar-refractivity contribution is 8.13. The van der Waals surface area contributed by atoms with Crippen LogP contribution in [0.4, 0.5) is 0 Å². The highest BCUT2D eigenvalue weighted by Crippen LogP contribution is 2.04. The van der Waals surface area contributed by atoms with E-state index in [9.17, 15) is 0 Å². The molecule has 0 heterocycles. The first-order chi connectivity index (χ1) is 5.66. The van der Waals surface area contributed by atoms with Gasteiger partial charge in [0.25, 0.3) is 0 Å². The van der Waals surface area contributed by atoms with Crippen LogP contribution in [0.5, 0.6) is 0 Å². The Kier molecular flexibility index (Phi) is 6.50. The fourth-order valence-electron chi connectivity index (χ4n) is 0.522. The number of rotatable bonds is 4. The van der Waals surface area contributed by atoms with Gasteiger partial charge >= 0.3 is 0 Å². The summed E-state index contributed by atoms with van der Waals surface area (Å²) in [4.78, 5) is 3.55. The van der Waals surface area contributed by atoms with E-state index in [4.69, 9.17) is 21.6 Å². The average Bonchev–Trinajstić information content (AvgIpc) is 1.97. The summed E-state index contributed by atoms with van der Waals surface area (Å²) in [7, 11) is 1.64. The van der Waals surface area contributed by atoms with Crippen molar-refractivity contribution in [1.82, 2.24) is 0 Å². The minimum Gasteiger partial charge on any atom is -0.385 e. The van der Waals surface area contributed by atoms with Crippen molar-refractivity contribution in [1.29, 1.82) is 5.41 Å². The van der Waals surface area contributed by atoms with Crippen molar-refractivity contribution in [2.75, 3.05) is 19.5 Å². The smallest absolute Gasteiger partial charge is 0.193 e. The third-order valence-corrected chi connectivity index (χ3v) is 1.82. The lowest BCUT2D eigenvalue weighted by atomic mass is 10.5. The van der Waals surface area contributed by atoms with Gasteiger partial charge in [-0.3, -0.25) is 5.41 Å². The number of methoxy groups -OCH3 is 1. The molecule has 0 amide bonds. The molecule has 70 valence electrons. The predicted molar refractivity (Wildman–Crippen MR) is 52.5 cm³/mol. The second kappa shape index (κ2) is 6.93. The van der Waals surface area contributed by atoms with Crippen molar-refractivity contribution in [2.24, 2.45) is 16.5 Å². The fraction of sp³-hybridized carbons (Fsp3) is 0.667. The van der Waals surface area contributed by atoms with Crippen LogP contribution in [0.25, 0.3) is 0 Å². The molecule has 0 fully saturated rings. The molecule has 0 radical (unpaired) electrons. The van der Waals surface area contributed by atoms with Crippen molar-refractivity contribution >= 4 is 22.9 Å². The second-order valence-corrected chi connectivity index (χ2v) is 3.12. The lowest BCUT2D eigenvalue weighted by molar-refractivity contribution is 0.200. The number of nitrogens with one attached hydrogen (secondary N) is 1. The Bertz CT molecular complexity index is 167. The molecule has 0 saturated carbocycles. The van der Waals surface area contributed by atoms with Crippen LogP contribution in [0.1, 0.15) is 6.42 Å². The van der Waals surface area contributed by atoms with E-state index in [0.29, 0.717) is 6.61 Å². The second-order valence-electron chi connectivity index (χ2n) is 2.04. The molecule has 0 spiro atoms. The van der Waals surface area contributed by atoms with Crippen LogP contribution in [0, 0.1) is 5.41 Å². The van der Waals surface area contributed by atoms with Crippen LogP contribution >= 0.6 is 11.8 Å². The first kappa shape index (κ1) is 11.2. The zero-order valence-electron chi connectivity index (χ0n) is 7.04. The standard InChI is InChI=1S/C6H14N4OS/c1-11-3-2-4-12-6(9)10-5(7)8/h2-4H2,1H3,(H5,7,8,9,10). The molecule has 0 aromatic heterocycles. The lowest BCUT2D eigenvalue weighted by Crippen LogP contribution is -2.23. The Labute approximate surface area is 76.1 Å². The highest BCUT2D eigenvalue weighted by atomic mass is 32.2. The minimum absolute atomic E-state index is 0.0701. The predicted octanol–water partition coefficient (Wildman–Crippen LogP) is -0.0357. The van der Waals surface area contributed by atoms with E-state index < -0.39 is 0 Å². The number of hydrogen-bond acceptors (Lipinski definition) is 3. The Balaban J connectivity index is 3.39. The van der Waals surface area contributed by atoms with Gasteiger partial charge in [0.05, 0.1) is 0 Å². The first-order valence-corrected chi connectivity index (χ1v) is 4.45. The van der Waals surface area contributed by atoms with Gasteiger partial charge in [0, 0.05) is 19.5 Å². The number of nitrogens with zero attached hydrogens (tertiary/aromatic N) is 1. The maximum Gasteiger partial charge on any atom is 0.193 e. The van der Waals surface area contributed by atoms with E-state index in [1.54, 1.807) is 7.11 Å². The zero-order valence-corrected chi connectivity index (χ0v) is 7.86. The highest BCUT2D eigenvalue weighted by Gasteiger charge is 1.95. The summed E-state index contributed by atoms with van der Waals surface area (Å²) < 4.78 is 4.84. The summed E-state index contributed by atoms with van der Waals surface area (Å²) >= 11 is 1.30. The van der Waals surface area contributed by atoms with Crippen LogP contribution in [-0.2, 0) is 4.74 Å². The Morgan fingerprint density at radius 1 is 1.58 bits per heavy atom. The number of ether oxygens (including phenoxy) is 1. The minimum atomic E-state index is -0.0701. The van der Waals surface area contributed by atoms with Crippen molar-refractivity contribution in [2.45, 2.75) is 6.42 Å². The number of thioether (sulfide) groups is 1. The van der Waals surface area contributed by atoms with E-state index in [1.165, 1.54) is 11.8 Å². The molecule has 0 aliphatic heterocycles. The van der Waals surface area contributed by atoms with E-state index in [1.807, 2.05) is 0 Å². The van der Waals surface area contributed by atoms with Gasteiger partial charge in [-0.05, 0) is 6.42 Å². The van der Waals surface area contributed by atoms with Crippen molar-refractivity contribution < 1.29 is 4.74 Å². The van der Waals surface area contributed by atoms with Crippen LogP contribution in [0.3, 0.4) is 0 Å². The molecule has 0 aromatic rings. The molecular weight excluding hydrogens is 176 g/mol. The molecule has 6 heteroatoms. The van der Waals surface area contributed by atoms with Crippen LogP contribution < -0.4 is 11.5 Å². The van der Waals surface area contributed by atoms with Crippen molar-refractivity contribution in [3.63, 3.8) is 0 Å². The molecule has 5 nitrogen and oxygen atoms in total. The number of aliphatic imine (C=N–C) groups is 1. The van der Waals surface area contributed by atoms with Gasteiger partial charge in [-0.2, -0.15) is 4.99 Å². The molecule has 0 bridgehead atoms. The summed E-state index contributed by atoms with van der Waals surface area (Å²) in [6.07, 6.45) is 0.892. The number of guanidine groups is 1. The SMILES string of the molecule is COCCCSC(=N)N=C(N)N. The van der Waals surface area contributed by atoms with Gasteiger partial charge in [-0.1, -0.05) is 11.8 Å². The van der Waals surface area contributed by atoms with Crippen molar-refractivity contribution in [3.8, 4) is 0 Å². The quantitative estimate of drug-likeness (QED) is 0.329. The normalized spacial score (nSPS) is 9.42. The molecule has 0 aliphatic carbocycles. The molecule has 0 atom stereocenters. The van der Waals surface area contributed by atoms with Gasteiger partial charge in [0.2, 0.25) is 0 Å². The monoisotopic (exact) mass is 190 g/mol. The first-order valence-electron chi connectivity index (χ1n) is 3.46. The maximum atomic E-state index is 7.23. The molecule has 0 aliphatic rings. The summed E-state index contributed by atoms with van der Waals surface area (Å²) in [5, 5.41) is 7.37. The summed E-state index contributed by atoms with van der Waals surface area (Å²) in [6, 6.07) is 0. The fourth-order valence-corrected chi connectivity index (χ4v) is 1.15. The summed E-state index contributed by atoms with van der Waals surface area (Å²) in [6.45, 7) is 0.697. The third kappa shape index (κ3) is 7.36. The van der Waals surface area contributed by atoms with Gasteiger partial charge in [-0.25, -0.2) is 0 Å². The van der Waals surface area contributed by atoms with Gasteiger partial charge < -0.3 is 16.2 Å². The van der Waals surface area contributed by atoms with E-state index in [2.05, 4.69) is 4.99 Å². The maximum absolute atomic E-state index is 7.23. The molecule has 0 rings (SSSR count). The summed E-state index contributed by atoms with van der Waals surface area (Å²) in [5.41, 5.74) is 10.1. The Hall–Kier alpha value is -0.750. The van der Waals surface area contributed by atoms with Gasteiger partial charge in [0.1, 0.15) is 0 Å². The van der Waals surface area contributed by atoms with Crippen LogP contribution in [0.2, 0.25) is 0 Å². The van der Waals surface area contributed by atoms with Crippen LogP contribution in [-0.4, -0.2) is 30.6 Å². The van der Waals surface area contributed by atoms with E-state index in [-0.39, 0.29) is 11.1 Å². The van der Waals surface area contributed by atoms with Gasteiger partial charge in [-0.15, -0.1) is 0 Å². The lowest BCUT2D eigenvalue weighted by Gasteiger charge is -1.98. The Morgan fingerprint density at radius 3 is 2.75 bits per heavy atom. The van der Waals surface area contributed by atoms with Gasteiger partial charge in [0.15, 0.2) is 11.1 Å². The number of hydrogen-bond donors (Lipinski definition) is 3. The average molecular weight is 190 g/mol. The number of amidine groups is 1. The number of nitrogens with two attached hydrogens (primary N) is 2. The zero-order chi connectivity index (χ0) is 9.40. The molecule has 12 heavy (non-hydrogen) atoms. The Morgan fingerprint density at radius 2 is 2.25 bits per heavy atom. The molecular formula is C6H14N4OS. The van der Waals surface area contributed by atoms with E-state index in [0.717, 1.165) is 12.2 Å². The topological polar surface area (TPSA) is 97.5 Å². The van der Waals surface area contributed by atoms with Crippen LogP contribution in [0.15, 0.2) is 4.99 Å². The molecule has 0 saturated heterocycles. The van der Waals surface area contributed by atoms with Crippen molar-refractivity contribution in [3.05, 3.63) is 0 Å².